The molecule has 1 aromatic heterocycles. The molecule has 0 aliphatic heterocycles. The van der Waals surface area contributed by atoms with E-state index in [1.165, 1.54) is 4.68 Å². The Labute approximate surface area is 116 Å². The monoisotopic (exact) mass is 272 g/mol. The van der Waals surface area contributed by atoms with Crippen molar-refractivity contribution >= 4 is 5.69 Å². The lowest BCUT2D eigenvalue weighted by molar-refractivity contribution is 0.0558. The molecule has 0 bridgehead atoms. The average molecular weight is 272 g/mol. The van der Waals surface area contributed by atoms with Gasteiger partial charge in [0.1, 0.15) is 17.7 Å². The maximum absolute atomic E-state index is 9.10. The van der Waals surface area contributed by atoms with E-state index < -0.39 is 0 Å². The molecule has 1 aliphatic rings. The van der Waals surface area contributed by atoms with E-state index in [-0.39, 0.29) is 34.6 Å². The van der Waals surface area contributed by atoms with Gasteiger partial charge in [0.15, 0.2) is 11.2 Å². The van der Waals surface area contributed by atoms with Crippen LogP contribution in [0.1, 0.15) is 43.0 Å². The fourth-order valence-corrected chi connectivity index (χ4v) is 2.56. The molecule has 1 heterocycles. The zero-order valence-corrected chi connectivity index (χ0v) is 11.3. The molecule has 7 nitrogen and oxygen atoms in total. The summed E-state index contributed by atoms with van der Waals surface area (Å²) in [6.45, 7) is 0. The number of methoxy groups -OCH3 is 1. The van der Waals surface area contributed by atoms with Crippen LogP contribution in [0, 0.1) is 28.1 Å². The second kappa shape index (κ2) is 5.72. The molecule has 0 spiro atoms. The van der Waals surface area contributed by atoms with Gasteiger partial charge in [-0.3, -0.25) is 5.41 Å². The second-order valence-corrected chi connectivity index (χ2v) is 4.82. The minimum atomic E-state index is -0.0233. The highest BCUT2D eigenvalue weighted by atomic mass is 16.5. The summed E-state index contributed by atoms with van der Waals surface area (Å²) in [6.07, 6.45) is 3.61. The number of rotatable bonds is 2. The normalized spacial score (nSPS) is 21.9. The first-order valence-electron chi connectivity index (χ1n) is 6.42. The van der Waals surface area contributed by atoms with Crippen LogP contribution in [-0.4, -0.2) is 23.0 Å². The lowest BCUT2D eigenvalue weighted by atomic mass is 9.93. The molecule has 0 atom stereocenters. The van der Waals surface area contributed by atoms with Gasteiger partial charge in [-0.1, -0.05) is 0 Å². The number of aromatic nitrogens is 2. The molecule has 0 unspecified atom stereocenters. The quantitative estimate of drug-likeness (QED) is 0.824. The topological polar surface area (TPSA) is 124 Å². The zero-order valence-electron chi connectivity index (χ0n) is 11.3. The summed E-state index contributed by atoms with van der Waals surface area (Å²) < 4.78 is 6.77. The van der Waals surface area contributed by atoms with Gasteiger partial charge in [-0.25, -0.2) is 4.68 Å². The molecule has 104 valence electrons. The van der Waals surface area contributed by atoms with Crippen LogP contribution in [0.4, 0.5) is 5.69 Å². The molecular weight excluding hydrogens is 256 g/mol. The van der Waals surface area contributed by atoms with E-state index in [2.05, 4.69) is 5.10 Å². The highest BCUT2D eigenvalue weighted by Gasteiger charge is 2.25. The Balaban J connectivity index is 2.41. The Hall–Kier alpha value is -2.38. The van der Waals surface area contributed by atoms with Gasteiger partial charge < -0.3 is 10.5 Å². The summed E-state index contributed by atoms with van der Waals surface area (Å²) in [4.78, 5) is 0. The number of nitrogens with two attached hydrogens (primary N) is 1. The minimum absolute atomic E-state index is 0.00594. The first-order valence-corrected chi connectivity index (χ1v) is 6.42. The van der Waals surface area contributed by atoms with Crippen molar-refractivity contribution in [1.82, 2.24) is 9.78 Å². The predicted octanol–water partition coefficient (Wildman–Crippen LogP) is 0.818. The van der Waals surface area contributed by atoms with Crippen molar-refractivity contribution in [2.45, 2.75) is 37.8 Å². The largest absolute Gasteiger partial charge is 0.395 e. The first-order chi connectivity index (χ1) is 9.62. The van der Waals surface area contributed by atoms with Crippen LogP contribution >= 0.6 is 0 Å². The highest BCUT2D eigenvalue weighted by Crippen LogP contribution is 2.28. The molecule has 1 aromatic rings. The van der Waals surface area contributed by atoms with Crippen molar-refractivity contribution in [3.63, 3.8) is 0 Å². The predicted molar refractivity (Wildman–Crippen MR) is 70.2 cm³/mol. The third-order valence-electron chi connectivity index (χ3n) is 3.74. The fourth-order valence-electron chi connectivity index (χ4n) is 2.56. The third kappa shape index (κ3) is 2.36. The molecule has 0 aromatic carbocycles. The number of ether oxygens (including phenoxy) is 1. The standard InChI is InChI=1S/C13H16N6O/c1-20-9-4-2-8(3-5-9)19-13(17)10(6-14)12(16)11(7-15)18-19/h8-9,17H,2-5,16H2,1H3. The summed E-state index contributed by atoms with van der Waals surface area (Å²) in [6, 6.07) is 3.78. The summed E-state index contributed by atoms with van der Waals surface area (Å²) in [5, 5.41) is 30.3. The van der Waals surface area contributed by atoms with Crippen LogP contribution in [0.25, 0.3) is 0 Å². The highest BCUT2D eigenvalue weighted by molar-refractivity contribution is 5.59. The first kappa shape index (κ1) is 14.0. The Morgan fingerprint density at radius 3 is 2.45 bits per heavy atom. The molecular formula is C13H16N6O. The van der Waals surface area contributed by atoms with Gasteiger partial charge in [-0.15, -0.1) is 0 Å². The van der Waals surface area contributed by atoms with Crippen molar-refractivity contribution in [3.8, 4) is 12.1 Å². The molecule has 20 heavy (non-hydrogen) atoms. The number of nitrogens with one attached hydrogen (secondary N) is 1. The van der Waals surface area contributed by atoms with E-state index in [0.717, 1.165) is 25.7 Å². The molecule has 0 radical (unpaired) electrons. The van der Waals surface area contributed by atoms with Gasteiger partial charge >= 0.3 is 0 Å². The lowest BCUT2D eigenvalue weighted by Gasteiger charge is -2.28. The van der Waals surface area contributed by atoms with Gasteiger partial charge in [0, 0.05) is 7.11 Å². The minimum Gasteiger partial charge on any atom is -0.395 e. The Bertz CT molecular complexity index is 643. The van der Waals surface area contributed by atoms with E-state index in [0.29, 0.717) is 0 Å². The third-order valence-corrected chi connectivity index (χ3v) is 3.74. The van der Waals surface area contributed by atoms with E-state index >= 15 is 0 Å². The summed E-state index contributed by atoms with van der Waals surface area (Å²) >= 11 is 0. The van der Waals surface area contributed by atoms with Crippen LogP contribution in [0.2, 0.25) is 0 Å². The fraction of sp³-hybridized carbons (Fsp3) is 0.538. The van der Waals surface area contributed by atoms with E-state index in [1.54, 1.807) is 7.11 Å². The molecule has 1 saturated carbocycles. The van der Waals surface area contributed by atoms with Gasteiger partial charge in [-0.2, -0.15) is 15.6 Å². The van der Waals surface area contributed by atoms with Crippen molar-refractivity contribution in [2.24, 2.45) is 0 Å². The number of hydrogen-bond donors (Lipinski definition) is 2. The number of nitrogen functional groups attached to an aromatic ring is 1. The SMILES string of the molecule is COC1CCC(n2nc(C#N)c(N)c(C#N)c2=N)CC1. The summed E-state index contributed by atoms with van der Waals surface area (Å²) in [7, 11) is 1.69. The van der Waals surface area contributed by atoms with Crippen molar-refractivity contribution in [2.75, 3.05) is 12.8 Å². The maximum Gasteiger partial charge on any atom is 0.185 e. The van der Waals surface area contributed by atoms with Crippen molar-refractivity contribution in [1.29, 1.82) is 15.9 Å². The van der Waals surface area contributed by atoms with Crippen LogP contribution < -0.4 is 11.2 Å². The second-order valence-electron chi connectivity index (χ2n) is 4.82. The van der Waals surface area contributed by atoms with Gasteiger partial charge in [0.25, 0.3) is 0 Å². The number of nitrogens with zero attached hydrogens (tertiary/aromatic N) is 4. The summed E-state index contributed by atoms with van der Waals surface area (Å²) in [5.74, 6) is 0. The number of nitriles is 2. The molecule has 0 saturated heterocycles. The number of hydrogen-bond acceptors (Lipinski definition) is 6. The van der Waals surface area contributed by atoms with Crippen LogP contribution in [0.5, 0.6) is 0 Å². The van der Waals surface area contributed by atoms with E-state index in [1.807, 2.05) is 12.1 Å². The van der Waals surface area contributed by atoms with Crippen molar-refractivity contribution in [3.05, 3.63) is 16.7 Å². The molecule has 3 N–H and O–H groups in total. The Kier molecular flexibility index (Phi) is 4.02. The van der Waals surface area contributed by atoms with Crippen LogP contribution in [-0.2, 0) is 4.74 Å². The van der Waals surface area contributed by atoms with E-state index in [9.17, 15) is 0 Å². The van der Waals surface area contributed by atoms with E-state index in [4.69, 9.17) is 26.4 Å². The number of anilines is 1. The molecule has 7 heteroatoms. The average Bonchev–Trinajstić information content (AvgIpc) is 2.48. The lowest BCUT2D eigenvalue weighted by Crippen LogP contribution is -2.34. The van der Waals surface area contributed by atoms with Gasteiger partial charge in [0.2, 0.25) is 0 Å². The zero-order chi connectivity index (χ0) is 14.7. The molecule has 1 fully saturated rings. The molecule has 1 aliphatic carbocycles. The van der Waals surface area contributed by atoms with Crippen LogP contribution in [0.3, 0.4) is 0 Å². The summed E-state index contributed by atoms with van der Waals surface area (Å²) in [5.41, 5.74) is 5.68. The van der Waals surface area contributed by atoms with Gasteiger partial charge in [0.05, 0.1) is 17.8 Å². The smallest absolute Gasteiger partial charge is 0.185 e. The molecule has 2 rings (SSSR count). The maximum atomic E-state index is 9.10. The van der Waals surface area contributed by atoms with Crippen molar-refractivity contribution < 1.29 is 4.74 Å². The molecule has 0 amide bonds. The Morgan fingerprint density at radius 2 is 1.95 bits per heavy atom. The van der Waals surface area contributed by atoms with Gasteiger partial charge in [-0.05, 0) is 25.7 Å². The Morgan fingerprint density at radius 1 is 1.30 bits per heavy atom. The van der Waals surface area contributed by atoms with Crippen LogP contribution in [0.15, 0.2) is 0 Å².